The summed E-state index contributed by atoms with van der Waals surface area (Å²) in [6.07, 6.45) is 8.61. The third-order valence-electron chi connectivity index (χ3n) is 7.29. The minimum absolute atomic E-state index is 0.0498. The van der Waals surface area contributed by atoms with Crippen LogP contribution in [0.2, 0.25) is 5.04 Å². The molecule has 0 aliphatic heterocycles. The molecule has 3 atom stereocenters. The van der Waals surface area contributed by atoms with Crippen LogP contribution in [0.25, 0.3) is 0 Å². The van der Waals surface area contributed by atoms with Gasteiger partial charge in [0.15, 0.2) is 0 Å². The molecule has 2 aliphatic rings. The van der Waals surface area contributed by atoms with E-state index in [0.29, 0.717) is 12.5 Å². The van der Waals surface area contributed by atoms with Crippen LogP contribution in [-0.2, 0) is 14.0 Å². The molecule has 0 heterocycles. The number of benzene rings is 2. The molecule has 0 radical (unpaired) electrons. The second-order valence-electron chi connectivity index (χ2n) is 10.1. The molecular formula is C28H34O3Si. The van der Waals surface area contributed by atoms with Crippen molar-refractivity contribution < 1.29 is 14.0 Å². The first-order chi connectivity index (χ1) is 15.3. The summed E-state index contributed by atoms with van der Waals surface area (Å²) in [5.74, 6) is -0.0188. The zero-order valence-corrected chi connectivity index (χ0v) is 20.4. The minimum atomic E-state index is -2.56. The van der Waals surface area contributed by atoms with Crippen LogP contribution >= 0.6 is 0 Å². The first kappa shape index (κ1) is 22.7. The van der Waals surface area contributed by atoms with Gasteiger partial charge >= 0.3 is 5.97 Å². The van der Waals surface area contributed by atoms with E-state index >= 15 is 0 Å². The Morgan fingerprint density at radius 2 is 1.69 bits per heavy atom. The normalized spacial score (nSPS) is 24.5. The van der Waals surface area contributed by atoms with Crippen molar-refractivity contribution in [2.75, 3.05) is 6.61 Å². The van der Waals surface area contributed by atoms with Gasteiger partial charge in [0.1, 0.15) is 6.10 Å². The Hall–Kier alpha value is -2.43. The molecule has 1 saturated carbocycles. The second kappa shape index (κ2) is 8.84. The molecule has 2 aliphatic carbocycles. The lowest BCUT2D eigenvalue weighted by Crippen LogP contribution is -2.66. The topological polar surface area (TPSA) is 35.5 Å². The molecule has 0 aromatic heterocycles. The van der Waals surface area contributed by atoms with Gasteiger partial charge in [-0.1, -0.05) is 100 Å². The lowest BCUT2D eigenvalue weighted by molar-refractivity contribution is -0.148. The van der Waals surface area contributed by atoms with E-state index in [2.05, 4.69) is 100 Å². The average molecular weight is 447 g/mol. The second-order valence-corrected chi connectivity index (χ2v) is 14.4. The fraction of sp³-hybridized carbons (Fsp3) is 0.393. The van der Waals surface area contributed by atoms with Gasteiger partial charge in [0.25, 0.3) is 8.32 Å². The molecule has 0 amide bonds. The summed E-state index contributed by atoms with van der Waals surface area (Å²) < 4.78 is 12.9. The predicted octanol–water partition coefficient (Wildman–Crippen LogP) is 5.02. The Kier molecular flexibility index (Phi) is 6.28. The van der Waals surface area contributed by atoms with E-state index in [1.54, 1.807) is 0 Å². The predicted molar refractivity (Wildman–Crippen MR) is 133 cm³/mol. The molecule has 1 fully saturated rings. The highest BCUT2D eigenvalue weighted by Crippen LogP contribution is 2.53. The number of carbonyl (C=O) groups excluding carboxylic acids is 1. The van der Waals surface area contributed by atoms with E-state index in [-0.39, 0.29) is 22.5 Å². The molecule has 4 rings (SSSR count). The number of fused-ring (bicyclic) bond motifs is 2. The molecule has 2 bridgehead atoms. The molecule has 4 heteroatoms. The van der Waals surface area contributed by atoms with Crippen LogP contribution in [0.15, 0.2) is 85.5 Å². The Morgan fingerprint density at radius 1 is 1.09 bits per heavy atom. The van der Waals surface area contributed by atoms with Gasteiger partial charge in [-0.3, -0.25) is 0 Å². The summed E-state index contributed by atoms with van der Waals surface area (Å²) in [5.41, 5.74) is -0.130. The van der Waals surface area contributed by atoms with Gasteiger partial charge in [-0.2, -0.15) is 0 Å². The van der Waals surface area contributed by atoms with Gasteiger partial charge in [0.2, 0.25) is 0 Å². The smallest absolute Gasteiger partial charge is 0.330 e. The van der Waals surface area contributed by atoms with Crippen molar-refractivity contribution in [1.29, 1.82) is 0 Å². The fourth-order valence-corrected chi connectivity index (χ4v) is 10.3. The van der Waals surface area contributed by atoms with Gasteiger partial charge < -0.3 is 9.16 Å². The maximum absolute atomic E-state index is 12.0. The molecule has 2 aromatic rings. The molecule has 0 N–H and O–H groups in total. The number of hydrogen-bond donors (Lipinski definition) is 0. The number of hydrogen-bond acceptors (Lipinski definition) is 3. The van der Waals surface area contributed by atoms with Gasteiger partial charge in [-0.15, -0.1) is 0 Å². The molecule has 3 nitrogen and oxygen atoms in total. The van der Waals surface area contributed by atoms with E-state index in [9.17, 15) is 4.79 Å². The summed E-state index contributed by atoms with van der Waals surface area (Å²) >= 11 is 0. The maximum Gasteiger partial charge on any atom is 0.330 e. The lowest BCUT2D eigenvalue weighted by atomic mass is 9.83. The Morgan fingerprint density at radius 3 is 2.16 bits per heavy atom. The molecule has 168 valence electrons. The zero-order valence-electron chi connectivity index (χ0n) is 19.4. The van der Waals surface area contributed by atoms with Crippen molar-refractivity contribution in [3.8, 4) is 0 Å². The summed E-state index contributed by atoms with van der Waals surface area (Å²) in [4.78, 5) is 12.0. The van der Waals surface area contributed by atoms with Crippen LogP contribution in [0.5, 0.6) is 0 Å². The monoisotopic (exact) mass is 446 g/mol. The van der Waals surface area contributed by atoms with E-state index in [4.69, 9.17) is 9.16 Å². The average Bonchev–Trinajstić information content (AvgIpc) is 3.30. The summed E-state index contributed by atoms with van der Waals surface area (Å²) in [5, 5.41) is 2.53. The molecule has 0 spiro atoms. The maximum atomic E-state index is 12.0. The SMILES string of the molecule is C=CC(=O)O[C@@H]1[C@@H]2C=C[C@@]1(CCO[Si](c1ccccc1)(c1ccccc1)C(C)(C)C)CC2. The van der Waals surface area contributed by atoms with Crippen LogP contribution in [0.3, 0.4) is 0 Å². The summed E-state index contributed by atoms with van der Waals surface area (Å²) in [6, 6.07) is 21.5. The van der Waals surface area contributed by atoms with Crippen molar-refractivity contribution in [3.05, 3.63) is 85.5 Å². The number of rotatable bonds is 8. The Balaban J connectivity index is 1.64. The number of esters is 1. The highest BCUT2D eigenvalue weighted by Gasteiger charge is 2.54. The van der Waals surface area contributed by atoms with Gasteiger partial charge in [0.05, 0.1) is 0 Å². The van der Waals surface area contributed by atoms with Crippen LogP contribution in [0.1, 0.15) is 40.0 Å². The molecule has 32 heavy (non-hydrogen) atoms. The van der Waals surface area contributed by atoms with Crippen molar-refractivity contribution in [1.82, 2.24) is 0 Å². The van der Waals surface area contributed by atoms with Crippen LogP contribution in [0, 0.1) is 11.3 Å². The van der Waals surface area contributed by atoms with Crippen molar-refractivity contribution >= 4 is 24.7 Å². The third-order valence-corrected chi connectivity index (χ3v) is 12.3. The van der Waals surface area contributed by atoms with Crippen molar-refractivity contribution in [2.45, 2.75) is 51.2 Å². The van der Waals surface area contributed by atoms with Crippen LogP contribution < -0.4 is 10.4 Å². The van der Waals surface area contributed by atoms with E-state index in [1.165, 1.54) is 16.4 Å². The van der Waals surface area contributed by atoms with Crippen molar-refractivity contribution in [2.24, 2.45) is 11.3 Å². The quantitative estimate of drug-likeness (QED) is 0.247. The van der Waals surface area contributed by atoms with E-state index in [1.807, 2.05) is 0 Å². The van der Waals surface area contributed by atoms with Gasteiger partial charge in [-0.05, 0) is 34.7 Å². The van der Waals surface area contributed by atoms with Crippen LogP contribution in [0.4, 0.5) is 0 Å². The van der Waals surface area contributed by atoms with Crippen molar-refractivity contribution in [3.63, 3.8) is 0 Å². The van der Waals surface area contributed by atoms with E-state index < -0.39 is 8.32 Å². The molecule has 2 aromatic carbocycles. The summed E-state index contributed by atoms with van der Waals surface area (Å²) in [7, 11) is -2.56. The summed E-state index contributed by atoms with van der Waals surface area (Å²) in [6.45, 7) is 11.1. The standard InChI is InChI=1S/C28H34O3Si/c1-5-25(29)31-26-22-16-18-28(26,19-17-22)20-21-30-32(27(2,3)4,23-12-8-6-9-13-23)24-14-10-7-11-15-24/h5-16,18,22,26H,1,17,19-21H2,2-4H3/t22-,26-,28+/m1/s1. The number of ether oxygens (including phenoxy) is 1. The van der Waals surface area contributed by atoms with E-state index in [0.717, 1.165) is 19.3 Å². The Bertz CT molecular complexity index is 937. The lowest BCUT2D eigenvalue weighted by Gasteiger charge is -2.43. The molecule has 0 saturated heterocycles. The largest absolute Gasteiger partial charge is 0.458 e. The minimum Gasteiger partial charge on any atom is -0.458 e. The van der Waals surface area contributed by atoms with Gasteiger partial charge in [0, 0.05) is 24.0 Å². The highest BCUT2D eigenvalue weighted by molar-refractivity contribution is 6.99. The highest BCUT2D eigenvalue weighted by atomic mass is 28.4. The fourth-order valence-electron chi connectivity index (χ4n) is 5.73. The Labute approximate surface area is 193 Å². The molecular weight excluding hydrogens is 412 g/mol. The molecule has 0 unspecified atom stereocenters. The third kappa shape index (κ3) is 3.91. The first-order valence-electron chi connectivity index (χ1n) is 11.6. The van der Waals surface area contributed by atoms with Gasteiger partial charge in [-0.25, -0.2) is 4.79 Å². The zero-order chi connectivity index (χ0) is 22.8. The number of carbonyl (C=O) groups is 1. The van der Waals surface area contributed by atoms with Crippen LogP contribution in [-0.4, -0.2) is 27.0 Å². The first-order valence-corrected chi connectivity index (χ1v) is 13.5.